The van der Waals surface area contributed by atoms with Crippen LogP contribution in [0, 0.1) is 0 Å². The molecule has 0 rings (SSSR count). The normalized spacial score (nSPS) is 11.7. The Morgan fingerprint density at radius 1 is 1.11 bits per heavy atom. The SMILES string of the molecule is CC(C)OCCCNCCCNC(=O)OC(C)(C)C. The summed E-state index contributed by atoms with van der Waals surface area (Å²) in [5, 5.41) is 6.04. The third kappa shape index (κ3) is 15.1. The van der Waals surface area contributed by atoms with Crippen molar-refractivity contribution in [1.82, 2.24) is 10.6 Å². The lowest BCUT2D eigenvalue weighted by molar-refractivity contribution is 0.0527. The molecule has 0 bridgehead atoms. The first-order chi connectivity index (χ1) is 8.81. The highest BCUT2D eigenvalue weighted by molar-refractivity contribution is 5.67. The minimum atomic E-state index is -0.432. The highest BCUT2D eigenvalue weighted by atomic mass is 16.6. The number of carbonyl (C=O) groups is 1. The number of hydrogen-bond donors (Lipinski definition) is 2. The van der Waals surface area contributed by atoms with Gasteiger partial charge in [0, 0.05) is 13.2 Å². The van der Waals surface area contributed by atoms with E-state index in [4.69, 9.17) is 9.47 Å². The number of amides is 1. The first-order valence-corrected chi connectivity index (χ1v) is 7.10. The Morgan fingerprint density at radius 3 is 2.32 bits per heavy atom. The average Bonchev–Trinajstić information content (AvgIpc) is 2.24. The van der Waals surface area contributed by atoms with Crippen molar-refractivity contribution in [3.63, 3.8) is 0 Å². The molecule has 0 aliphatic rings. The lowest BCUT2D eigenvalue weighted by Crippen LogP contribution is -2.34. The molecule has 0 saturated heterocycles. The predicted molar refractivity (Wildman–Crippen MR) is 77.4 cm³/mol. The molecular weight excluding hydrogens is 244 g/mol. The minimum Gasteiger partial charge on any atom is -0.444 e. The zero-order valence-corrected chi connectivity index (χ0v) is 13.0. The topological polar surface area (TPSA) is 59.6 Å². The van der Waals surface area contributed by atoms with Crippen LogP contribution in [0.5, 0.6) is 0 Å². The molecule has 5 nitrogen and oxygen atoms in total. The van der Waals surface area contributed by atoms with Crippen molar-refractivity contribution in [3.8, 4) is 0 Å². The van der Waals surface area contributed by atoms with Crippen LogP contribution in [-0.4, -0.2) is 44.0 Å². The van der Waals surface area contributed by atoms with Crippen LogP contribution in [0.2, 0.25) is 0 Å². The maximum atomic E-state index is 11.3. The van der Waals surface area contributed by atoms with Crippen molar-refractivity contribution in [2.24, 2.45) is 0 Å². The van der Waals surface area contributed by atoms with E-state index in [0.29, 0.717) is 12.6 Å². The predicted octanol–water partition coefficient (Wildman–Crippen LogP) is 2.31. The number of carbonyl (C=O) groups excluding carboxylic acids is 1. The number of hydrogen-bond acceptors (Lipinski definition) is 4. The fourth-order valence-electron chi connectivity index (χ4n) is 1.36. The van der Waals surface area contributed by atoms with Gasteiger partial charge >= 0.3 is 6.09 Å². The molecule has 0 saturated carbocycles. The zero-order valence-electron chi connectivity index (χ0n) is 13.0. The van der Waals surface area contributed by atoms with E-state index in [0.717, 1.165) is 32.5 Å². The number of ether oxygens (including phenoxy) is 2. The van der Waals surface area contributed by atoms with E-state index in [1.54, 1.807) is 0 Å². The molecule has 1 amide bonds. The molecule has 0 aromatic carbocycles. The Bertz CT molecular complexity index is 237. The summed E-state index contributed by atoms with van der Waals surface area (Å²) < 4.78 is 10.6. The lowest BCUT2D eigenvalue weighted by atomic mass is 10.2. The Hall–Kier alpha value is -0.810. The summed E-state index contributed by atoms with van der Waals surface area (Å²) in [6, 6.07) is 0. The van der Waals surface area contributed by atoms with Gasteiger partial charge in [-0.1, -0.05) is 0 Å². The van der Waals surface area contributed by atoms with E-state index >= 15 is 0 Å². The van der Waals surface area contributed by atoms with E-state index < -0.39 is 5.60 Å². The van der Waals surface area contributed by atoms with Gasteiger partial charge in [-0.2, -0.15) is 0 Å². The Labute approximate surface area is 117 Å². The molecule has 0 heterocycles. The summed E-state index contributed by atoms with van der Waals surface area (Å²) >= 11 is 0. The van der Waals surface area contributed by atoms with Crippen molar-refractivity contribution < 1.29 is 14.3 Å². The van der Waals surface area contributed by atoms with Gasteiger partial charge in [0.1, 0.15) is 5.60 Å². The van der Waals surface area contributed by atoms with Crippen molar-refractivity contribution in [2.45, 2.75) is 59.2 Å². The monoisotopic (exact) mass is 274 g/mol. The number of rotatable bonds is 9. The Balaban J connectivity index is 3.25. The second-order valence-corrected chi connectivity index (χ2v) is 5.81. The molecule has 0 aromatic rings. The van der Waals surface area contributed by atoms with Gasteiger partial charge in [0.05, 0.1) is 6.10 Å². The minimum absolute atomic E-state index is 0.304. The fraction of sp³-hybridized carbons (Fsp3) is 0.929. The Morgan fingerprint density at radius 2 is 1.74 bits per heavy atom. The van der Waals surface area contributed by atoms with Crippen LogP contribution >= 0.6 is 0 Å². The van der Waals surface area contributed by atoms with Crippen LogP contribution in [0.15, 0.2) is 0 Å². The van der Waals surface area contributed by atoms with Crippen LogP contribution in [0.25, 0.3) is 0 Å². The molecule has 114 valence electrons. The van der Waals surface area contributed by atoms with E-state index in [-0.39, 0.29) is 6.09 Å². The molecular formula is C14H30N2O3. The molecule has 0 aromatic heterocycles. The molecule has 0 atom stereocenters. The summed E-state index contributed by atoms with van der Waals surface area (Å²) in [6.07, 6.45) is 1.86. The summed E-state index contributed by atoms with van der Waals surface area (Å²) in [7, 11) is 0. The molecule has 0 aliphatic heterocycles. The molecule has 0 fully saturated rings. The van der Waals surface area contributed by atoms with Gasteiger partial charge in [0.25, 0.3) is 0 Å². The van der Waals surface area contributed by atoms with E-state index in [1.807, 2.05) is 34.6 Å². The highest BCUT2D eigenvalue weighted by Crippen LogP contribution is 2.06. The molecule has 19 heavy (non-hydrogen) atoms. The number of nitrogens with one attached hydrogen (secondary N) is 2. The summed E-state index contributed by atoms with van der Waals surface area (Å²) in [5.41, 5.74) is -0.432. The first-order valence-electron chi connectivity index (χ1n) is 7.10. The van der Waals surface area contributed by atoms with E-state index in [9.17, 15) is 4.79 Å². The quantitative estimate of drug-likeness (QED) is 0.633. The van der Waals surface area contributed by atoms with Gasteiger partial charge < -0.3 is 20.1 Å². The second kappa shape index (κ2) is 10.0. The maximum Gasteiger partial charge on any atom is 0.407 e. The third-order valence-electron chi connectivity index (χ3n) is 2.15. The standard InChI is InChI=1S/C14H30N2O3/c1-12(2)18-11-7-9-15-8-6-10-16-13(17)19-14(3,4)5/h12,15H,6-11H2,1-5H3,(H,16,17). The first kappa shape index (κ1) is 18.2. The summed E-state index contributed by atoms with van der Waals surface area (Å²) in [4.78, 5) is 11.3. The van der Waals surface area contributed by atoms with Gasteiger partial charge in [0.2, 0.25) is 0 Å². The third-order valence-corrected chi connectivity index (χ3v) is 2.15. The molecule has 2 N–H and O–H groups in total. The summed E-state index contributed by atoms with van der Waals surface area (Å²) in [5.74, 6) is 0. The van der Waals surface area contributed by atoms with Gasteiger partial charge in [-0.25, -0.2) is 4.79 Å². The molecule has 0 spiro atoms. The average molecular weight is 274 g/mol. The van der Waals surface area contributed by atoms with E-state index in [1.165, 1.54) is 0 Å². The number of alkyl carbamates (subject to hydrolysis) is 1. The molecule has 0 unspecified atom stereocenters. The molecule has 0 aliphatic carbocycles. The van der Waals surface area contributed by atoms with Gasteiger partial charge in [-0.05, 0) is 60.5 Å². The van der Waals surface area contributed by atoms with Crippen LogP contribution in [-0.2, 0) is 9.47 Å². The van der Waals surface area contributed by atoms with Crippen molar-refractivity contribution >= 4 is 6.09 Å². The van der Waals surface area contributed by atoms with Gasteiger partial charge in [-0.3, -0.25) is 0 Å². The highest BCUT2D eigenvalue weighted by Gasteiger charge is 2.15. The molecule has 5 heteroatoms. The second-order valence-electron chi connectivity index (χ2n) is 5.81. The van der Waals surface area contributed by atoms with Crippen LogP contribution in [0.3, 0.4) is 0 Å². The van der Waals surface area contributed by atoms with Crippen molar-refractivity contribution in [3.05, 3.63) is 0 Å². The van der Waals surface area contributed by atoms with Gasteiger partial charge in [-0.15, -0.1) is 0 Å². The summed E-state index contributed by atoms with van der Waals surface area (Å²) in [6.45, 7) is 12.9. The molecule has 0 radical (unpaired) electrons. The fourth-order valence-corrected chi connectivity index (χ4v) is 1.36. The van der Waals surface area contributed by atoms with Gasteiger partial charge in [0.15, 0.2) is 0 Å². The van der Waals surface area contributed by atoms with Crippen molar-refractivity contribution in [2.75, 3.05) is 26.2 Å². The van der Waals surface area contributed by atoms with Crippen molar-refractivity contribution in [1.29, 1.82) is 0 Å². The largest absolute Gasteiger partial charge is 0.444 e. The Kier molecular flexibility index (Phi) is 9.61. The van der Waals surface area contributed by atoms with E-state index in [2.05, 4.69) is 10.6 Å². The maximum absolute atomic E-state index is 11.3. The van der Waals surface area contributed by atoms with Crippen LogP contribution in [0.1, 0.15) is 47.5 Å². The zero-order chi connectivity index (χ0) is 14.7. The lowest BCUT2D eigenvalue weighted by Gasteiger charge is -2.19. The van der Waals surface area contributed by atoms with Crippen LogP contribution in [0.4, 0.5) is 4.79 Å². The van der Waals surface area contributed by atoms with Crippen LogP contribution < -0.4 is 10.6 Å². The smallest absolute Gasteiger partial charge is 0.407 e.